The second-order valence-electron chi connectivity index (χ2n) is 4.23. The molecule has 1 aliphatic rings. The van der Waals surface area contributed by atoms with Gasteiger partial charge in [0.2, 0.25) is 0 Å². The average Bonchev–Trinajstić information content (AvgIpc) is 2.33. The second-order valence-corrected chi connectivity index (χ2v) is 5.09. The summed E-state index contributed by atoms with van der Waals surface area (Å²) in [6.07, 6.45) is -2.50. The normalized spacial score (nSPS) is 19.2. The van der Waals surface area contributed by atoms with Crippen molar-refractivity contribution in [1.82, 2.24) is 10.2 Å². The maximum Gasteiger partial charge on any atom is 0.258 e. The summed E-state index contributed by atoms with van der Waals surface area (Å²) in [5.74, 6) is -0.432. The van der Waals surface area contributed by atoms with Crippen molar-refractivity contribution >= 4 is 15.9 Å². The number of piperazine rings is 1. The lowest BCUT2D eigenvalue weighted by molar-refractivity contribution is 0.0178. The van der Waals surface area contributed by atoms with E-state index in [-0.39, 0.29) is 0 Å². The number of hydrogen-bond donors (Lipinski definition) is 1. The van der Waals surface area contributed by atoms with Crippen molar-refractivity contribution in [3.05, 3.63) is 34.1 Å². The van der Waals surface area contributed by atoms with E-state index in [9.17, 15) is 13.2 Å². The highest BCUT2D eigenvalue weighted by Gasteiger charge is 2.31. The van der Waals surface area contributed by atoms with Gasteiger partial charge in [-0.2, -0.15) is 0 Å². The van der Waals surface area contributed by atoms with E-state index in [0.29, 0.717) is 36.2 Å². The Morgan fingerprint density at radius 1 is 1.22 bits per heavy atom. The summed E-state index contributed by atoms with van der Waals surface area (Å²) >= 11 is 3.17. The van der Waals surface area contributed by atoms with Crippen molar-refractivity contribution in [3.63, 3.8) is 0 Å². The number of alkyl halides is 2. The molecule has 6 heteroatoms. The molecular formula is C12H14BrF3N2. The van der Waals surface area contributed by atoms with Gasteiger partial charge in [0.1, 0.15) is 5.82 Å². The molecule has 1 N–H and O–H groups in total. The van der Waals surface area contributed by atoms with Gasteiger partial charge in [0, 0.05) is 30.7 Å². The molecule has 1 heterocycles. The third-order valence-corrected chi connectivity index (χ3v) is 3.75. The van der Waals surface area contributed by atoms with Gasteiger partial charge >= 0.3 is 0 Å². The molecule has 1 aromatic rings. The second kappa shape index (κ2) is 6.04. The highest BCUT2D eigenvalue weighted by Crippen LogP contribution is 2.33. The monoisotopic (exact) mass is 322 g/mol. The van der Waals surface area contributed by atoms with Crippen LogP contribution < -0.4 is 5.32 Å². The van der Waals surface area contributed by atoms with Crippen LogP contribution in [0.15, 0.2) is 22.7 Å². The Balaban J connectivity index is 2.28. The molecule has 0 spiro atoms. The van der Waals surface area contributed by atoms with Gasteiger partial charge in [-0.1, -0.05) is 22.0 Å². The highest BCUT2D eigenvalue weighted by molar-refractivity contribution is 9.10. The Kier molecular flexibility index (Phi) is 4.64. The zero-order chi connectivity index (χ0) is 13.1. The molecular weight excluding hydrogens is 309 g/mol. The topological polar surface area (TPSA) is 15.3 Å². The van der Waals surface area contributed by atoms with E-state index >= 15 is 0 Å². The van der Waals surface area contributed by atoms with Crippen molar-refractivity contribution in [2.45, 2.75) is 12.5 Å². The van der Waals surface area contributed by atoms with Crippen LogP contribution in [0.2, 0.25) is 0 Å². The summed E-state index contributed by atoms with van der Waals surface area (Å²) in [4.78, 5) is 1.74. The van der Waals surface area contributed by atoms with Crippen molar-refractivity contribution in [2.24, 2.45) is 0 Å². The lowest BCUT2D eigenvalue weighted by atomic mass is 10.0. The smallest absolute Gasteiger partial charge is 0.258 e. The largest absolute Gasteiger partial charge is 0.314 e. The Labute approximate surface area is 112 Å². The molecule has 1 aromatic carbocycles. The maximum atomic E-state index is 13.3. The molecule has 0 saturated carbocycles. The van der Waals surface area contributed by atoms with Crippen LogP contribution in [-0.2, 0) is 0 Å². The van der Waals surface area contributed by atoms with Gasteiger partial charge in [-0.25, -0.2) is 13.2 Å². The van der Waals surface area contributed by atoms with Crippen LogP contribution in [0.1, 0.15) is 11.6 Å². The molecule has 1 atom stereocenters. The lowest BCUT2D eigenvalue weighted by Crippen LogP contribution is -2.47. The predicted molar refractivity (Wildman–Crippen MR) is 67.3 cm³/mol. The van der Waals surface area contributed by atoms with Gasteiger partial charge in [-0.3, -0.25) is 4.90 Å². The SMILES string of the molecule is Fc1ccc([C@@H](C(F)F)N2CCNCC2)c(Br)c1. The summed E-state index contributed by atoms with van der Waals surface area (Å²) in [6.45, 7) is 2.53. The molecule has 0 radical (unpaired) electrons. The zero-order valence-corrected chi connectivity index (χ0v) is 11.3. The summed E-state index contributed by atoms with van der Waals surface area (Å²) in [5.41, 5.74) is 0.438. The van der Waals surface area contributed by atoms with Crippen LogP contribution in [0, 0.1) is 5.82 Å². The lowest BCUT2D eigenvalue weighted by Gasteiger charge is -2.35. The van der Waals surface area contributed by atoms with E-state index in [4.69, 9.17) is 0 Å². The molecule has 1 saturated heterocycles. The van der Waals surface area contributed by atoms with E-state index in [1.807, 2.05) is 0 Å². The molecule has 100 valence electrons. The van der Waals surface area contributed by atoms with Crippen molar-refractivity contribution in [1.29, 1.82) is 0 Å². The Hall–Kier alpha value is -0.590. The molecule has 18 heavy (non-hydrogen) atoms. The summed E-state index contributed by atoms with van der Waals surface area (Å²) in [5, 5.41) is 3.13. The third-order valence-electron chi connectivity index (χ3n) is 3.06. The number of hydrogen-bond acceptors (Lipinski definition) is 2. The van der Waals surface area contributed by atoms with Gasteiger partial charge in [-0.05, 0) is 17.7 Å². The first-order valence-electron chi connectivity index (χ1n) is 5.77. The van der Waals surface area contributed by atoms with Crippen LogP contribution in [0.25, 0.3) is 0 Å². The number of rotatable bonds is 3. The molecule has 2 rings (SSSR count). The van der Waals surface area contributed by atoms with Gasteiger partial charge < -0.3 is 5.32 Å². The van der Waals surface area contributed by atoms with Crippen molar-refractivity contribution in [3.8, 4) is 0 Å². The van der Waals surface area contributed by atoms with E-state index in [2.05, 4.69) is 21.2 Å². The summed E-state index contributed by atoms with van der Waals surface area (Å²) < 4.78 is 40.0. The summed E-state index contributed by atoms with van der Waals surface area (Å²) in [6, 6.07) is 2.89. The van der Waals surface area contributed by atoms with Gasteiger partial charge in [-0.15, -0.1) is 0 Å². The first-order valence-corrected chi connectivity index (χ1v) is 6.57. The van der Waals surface area contributed by atoms with Crippen LogP contribution in [-0.4, -0.2) is 37.5 Å². The fourth-order valence-electron chi connectivity index (χ4n) is 2.19. The minimum atomic E-state index is -2.50. The van der Waals surface area contributed by atoms with E-state index in [1.165, 1.54) is 18.2 Å². The molecule has 0 unspecified atom stereocenters. The van der Waals surface area contributed by atoms with Crippen molar-refractivity contribution in [2.75, 3.05) is 26.2 Å². The van der Waals surface area contributed by atoms with E-state index in [1.54, 1.807) is 4.90 Å². The Bertz CT molecular complexity index is 408. The van der Waals surface area contributed by atoms with Gasteiger partial charge in [0.05, 0.1) is 6.04 Å². The molecule has 2 nitrogen and oxygen atoms in total. The van der Waals surface area contributed by atoms with Gasteiger partial charge in [0.15, 0.2) is 0 Å². The molecule has 0 aliphatic carbocycles. The quantitative estimate of drug-likeness (QED) is 0.920. The fraction of sp³-hybridized carbons (Fsp3) is 0.500. The minimum Gasteiger partial charge on any atom is -0.314 e. The average molecular weight is 323 g/mol. The van der Waals surface area contributed by atoms with Crippen molar-refractivity contribution < 1.29 is 13.2 Å². The Morgan fingerprint density at radius 3 is 2.44 bits per heavy atom. The van der Waals surface area contributed by atoms with Crippen LogP contribution in [0.4, 0.5) is 13.2 Å². The minimum absolute atomic E-state index is 0.395. The standard InChI is InChI=1S/C12H14BrF3N2/c13-10-7-8(14)1-2-9(10)11(12(15)16)18-5-3-17-4-6-18/h1-2,7,11-12,17H,3-6H2/t11-/m0/s1. The molecule has 1 aliphatic heterocycles. The number of nitrogens with zero attached hydrogens (tertiary/aromatic N) is 1. The number of benzene rings is 1. The zero-order valence-electron chi connectivity index (χ0n) is 9.67. The maximum absolute atomic E-state index is 13.3. The molecule has 1 fully saturated rings. The first-order chi connectivity index (χ1) is 8.59. The van der Waals surface area contributed by atoms with Crippen LogP contribution in [0.5, 0.6) is 0 Å². The third kappa shape index (κ3) is 3.05. The summed E-state index contributed by atoms with van der Waals surface area (Å²) in [7, 11) is 0. The van der Waals surface area contributed by atoms with E-state index in [0.717, 1.165) is 0 Å². The molecule has 0 aromatic heterocycles. The fourth-order valence-corrected chi connectivity index (χ4v) is 2.78. The molecule has 0 bridgehead atoms. The first kappa shape index (κ1) is 13.8. The highest BCUT2D eigenvalue weighted by atomic mass is 79.9. The van der Waals surface area contributed by atoms with E-state index < -0.39 is 18.3 Å². The Morgan fingerprint density at radius 2 is 1.89 bits per heavy atom. The van der Waals surface area contributed by atoms with Gasteiger partial charge in [0.25, 0.3) is 6.43 Å². The number of nitrogens with one attached hydrogen (secondary N) is 1. The number of halogens is 4. The predicted octanol–water partition coefficient (Wildman–Crippen LogP) is 2.80. The van der Waals surface area contributed by atoms with Crippen LogP contribution >= 0.6 is 15.9 Å². The van der Waals surface area contributed by atoms with Crippen LogP contribution in [0.3, 0.4) is 0 Å². The molecule has 0 amide bonds.